The molecule has 10 heteroatoms. The smallest absolute Gasteiger partial charge is 0.449 e. The molecule has 2 aromatic heterocycles. The van der Waals surface area contributed by atoms with E-state index in [0.29, 0.717) is 24.8 Å². The third kappa shape index (κ3) is 3.64. The first-order valence-corrected chi connectivity index (χ1v) is 7.81. The van der Waals surface area contributed by atoms with E-state index in [4.69, 9.17) is 9.47 Å². The summed E-state index contributed by atoms with van der Waals surface area (Å²) < 4.78 is 48.6. The van der Waals surface area contributed by atoms with Crippen LogP contribution in [0.25, 0.3) is 0 Å². The number of H-pyrrole nitrogens is 1. The molecule has 0 saturated carbocycles. The van der Waals surface area contributed by atoms with Crippen LogP contribution in [0.1, 0.15) is 22.6 Å². The second-order valence-electron chi connectivity index (χ2n) is 5.82. The largest absolute Gasteiger partial charge is 0.481 e. The predicted octanol–water partition coefficient (Wildman–Crippen LogP) is 1.76. The van der Waals surface area contributed by atoms with Gasteiger partial charge in [-0.25, -0.2) is 4.98 Å². The number of ether oxygens (including phenoxy) is 2. The number of pyridine rings is 1. The second-order valence-corrected chi connectivity index (χ2v) is 5.82. The van der Waals surface area contributed by atoms with Gasteiger partial charge in [-0.2, -0.15) is 18.2 Å². The highest BCUT2D eigenvalue weighted by atomic mass is 19.4. The summed E-state index contributed by atoms with van der Waals surface area (Å²) in [7, 11) is 2.99. The highest BCUT2D eigenvalue weighted by Gasteiger charge is 2.36. The third-order valence-corrected chi connectivity index (χ3v) is 4.13. The van der Waals surface area contributed by atoms with Gasteiger partial charge in [0.25, 0.3) is 5.56 Å². The van der Waals surface area contributed by atoms with Crippen molar-refractivity contribution in [2.45, 2.75) is 25.7 Å². The van der Waals surface area contributed by atoms with Crippen molar-refractivity contribution in [1.82, 2.24) is 19.9 Å². The van der Waals surface area contributed by atoms with Crippen LogP contribution in [-0.2, 0) is 25.7 Å². The van der Waals surface area contributed by atoms with E-state index in [-0.39, 0.29) is 24.2 Å². The molecule has 7 nitrogen and oxygen atoms in total. The number of nitrogens with one attached hydrogen (secondary N) is 1. The standard InChI is InChI=1S/C16H17F3N4O3/c1-25-12-4-3-9(14(21-12)26-2)7-23-6-5-11-10(8-23)13(24)22-15(20-11)16(17,18)19/h3-4H,5-8H2,1-2H3,(H,20,22,24). The van der Waals surface area contributed by atoms with Gasteiger partial charge in [0, 0.05) is 37.7 Å². The van der Waals surface area contributed by atoms with Crippen LogP contribution < -0.4 is 15.0 Å². The number of halogens is 3. The number of fused-ring (bicyclic) bond motifs is 1. The Labute approximate surface area is 146 Å². The third-order valence-electron chi connectivity index (χ3n) is 4.13. The van der Waals surface area contributed by atoms with Crippen LogP contribution in [0.2, 0.25) is 0 Å². The second kappa shape index (κ2) is 6.94. The van der Waals surface area contributed by atoms with Gasteiger partial charge in [0.15, 0.2) is 0 Å². The fourth-order valence-electron chi connectivity index (χ4n) is 2.85. The first-order valence-electron chi connectivity index (χ1n) is 7.81. The monoisotopic (exact) mass is 370 g/mol. The number of rotatable bonds is 4. The van der Waals surface area contributed by atoms with Crippen LogP contribution in [0, 0.1) is 0 Å². The minimum atomic E-state index is -4.67. The summed E-state index contributed by atoms with van der Waals surface area (Å²) in [5, 5.41) is 0. The lowest BCUT2D eigenvalue weighted by atomic mass is 10.1. The van der Waals surface area contributed by atoms with Crippen molar-refractivity contribution in [3.05, 3.63) is 45.1 Å². The Hall–Kier alpha value is -2.62. The Kier molecular flexibility index (Phi) is 4.86. The molecule has 0 amide bonds. The molecule has 0 fully saturated rings. The van der Waals surface area contributed by atoms with Crippen molar-refractivity contribution in [1.29, 1.82) is 0 Å². The molecule has 26 heavy (non-hydrogen) atoms. The number of methoxy groups -OCH3 is 2. The topological polar surface area (TPSA) is 80.3 Å². The Balaban J connectivity index is 1.82. The summed E-state index contributed by atoms with van der Waals surface area (Å²) in [5.41, 5.74) is 0.474. The summed E-state index contributed by atoms with van der Waals surface area (Å²) in [5.74, 6) is -0.444. The number of aromatic nitrogens is 3. The number of hydrogen-bond acceptors (Lipinski definition) is 6. The van der Waals surface area contributed by atoms with Gasteiger partial charge in [-0.05, 0) is 6.07 Å². The highest BCUT2D eigenvalue weighted by molar-refractivity contribution is 5.31. The van der Waals surface area contributed by atoms with Gasteiger partial charge in [-0.1, -0.05) is 0 Å². The van der Waals surface area contributed by atoms with Crippen LogP contribution in [0.5, 0.6) is 11.8 Å². The van der Waals surface area contributed by atoms with Crippen molar-refractivity contribution in [3.63, 3.8) is 0 Å². The van der Waals surface area contributed by atoms with E-state index in [9.17, 15) is 18.0 Å². The molecule has 140 valence electrons. The average molecular weight is 370 g/mol. The first-order chi connectivity index (χ1) is 12.3. The van der Waals surface area contributed by atoms with Crippen molar-refractivity contribution in [2.24, 2.45) is 0 Å². The van der Waals surface area contributed by atoms with E-state index in [1.165, 1.54) is 14.2 Å². The molecular weight excluding hydrogens is 353 g/mol. The van der Waals surface area contributed by atoms with Gasteiger partial charge in [0.05, 0.1) is 25.5 Å². The maximum atomic E-state index is 12.8. The van der Waals surface area contributed by atoms with E-state index in [2.05, 4.69) is 9.97 Å². The summed E-state index contributed by atoms with van der Waals surface area (Å²) in [6.45, 7) is 1.10. The quantitative estimate of drug-likeness (QED) is 0.884. The van der Waals surface area contributed by atoms with E-state index >= 15 is 0 Å². The van der Waals surface area contributed by atoms with Gasteiger partial charge in [-0.15, -0.1) is 0 Å². The van der Waals surface area contributed by atoms with Crippen molar-refractivity contribution in [2.75, 3.05) is 20.8 Å². The van der Waals surface area contributed by atoms with E-state index in [0.717, 1.165) is 5.56 Å². The van der Waals surface area contributed by atoms with Crippen LogP contribution in [0.3, 0.4) is 0 Å². The Morgan fingerprint density at radius 2 is 2.00 bits per heavy atom. The van der Waals surface area contributed by atoms with E-state index in [1.54, 1.807) is 12.1 Å². The van der Waals surface area contributed by atoms with Crippen LogP contribution >= 0.6 is 0 Å². The Morgan fingerprint density at radius 3 is 2.65 bits per heavy atom. The lowest BCUT2D eigenvalue weighted by Crippen LogP contribution is -2.36. The van der Waals surface area contributed by atoms with E-state index in [1.807, 2.05) is 9.88 Å². The molecule has 0 aliphatic carbocycles. The van der Waals surface area contributed by atoms with Crippen LogP contribution in [0.4, 0.5) is 13.2 Å². The van der Waals surface area contributed by atoms with Gasteiger partial charge < -0.3 is 14.5 Å². The molecule has 1 aliphatic rings. The Morgan fingerprint density at radius 1 is 1.23 bits per heavy atom. The van der Waals surface area contributed by atoms with Gasteiger partial charge in [0.1, 0.15) is 0 Å². The number of aromatic amines is 1. The zero-order valence-electron chi connectivity index (χ0n) is 14.2. The van der Waals surface area contributed by atoms with Crippen molar-refractivity contribution in [3.8, 4) is 11.8 Å². The predicted molar refractivity (Wildman–Crippen MR) is 85.0 cm³/mol. The number of alkyl halides is 3. The molecule has 1 aliphatic heterocycles. The molecule has 0 bridgehead atoms. The molecule has 0 unspecified atom stereocenters. The average Bonchev–Trinajstić information content (AvgIpc) is 2.61. The first kappa shape index (κ1) is 18.2. The van der Waals surface area contributed by atoms with Gasteiger partial charge in [-0.3, -0.25) is 9.69 Å². The fourth-order valence-corrected chi connectivity index (χ4v) is 2.85. The summed E-state index contributed by atoms with van der Waals surface area (Å²) in [6.07, 6.45) is -4.41. The van der Waals surface area contributed by atoms with Crippen LogP contribution in [0.15, 0.2) is 16.9 Å². The molecule has 0 saturated heterocycles. The normalized spacial score (nSPS) is 14.8. The molecular formula is C16H17F3N4O3. The zero-order valence-corrected chi connectivity index (χ0v) is 14.2. The maximum Gasteiger partial charge on any atom is 0.449 e. The fraction of sp³-hybridized carbons (Fsp3) is 0.438. The lowest BCUT2D eigenvalue weighted by molar-refractivity contribution is -0.145. The summed E-state index contributed by atoms with van der Waals surface area (Å²) in [4.78, 5) is 23.6. The zero-order chi connectivity index (χ0) is 18.9. The van der Waals surface area contributed by atoms with Crippen molar-refractivity contribution >= 4 is 0 Å². The molecule has 0 radical (unpaired) electrons. The van der Waals surface area contributed by atoms with Gasteiger partial charge in [0.2, 0.25) is 17.6 Å². The van der Waals surface area contributed by atoms with Gasteiger partial charge >= 0.3 is 6.18 Å². The minimum absolute atomic E-state index is 0.192. The molecule has 0 aromatic carbocycles. The lowest BCUT2D eigenvalue weighted by Gasteiger charge is -2.28. The molecule has 3 heterocycles. The summed E-state index contributed by atoms with van der Waals surface area (Å²) in [6, 6.07) is 3.50. The summed E-state index contributed by atoms with van der Waals surface area (Å²) >= 11 is 0. The number of nitrogens with zero attached hydrogens (tertiary/aromatic N) is 3. The maximum absolute atomic E-state index is 12.8. The molecule has 0 spiro atoms. The van der Waals surface area contributed by atoms with E-state index < -0.39 is 17.6 Å². The van der Waals surface area contributed by atoms with Crippen molar-refractivity contribution < 1.29 is 22.6 Å². The highest BCUT2D eigenvalue weighted by Crippen LogP contribution is 2.27. The van der Waals surface area contributed by atoms with Crippen LogP contribution in [-0.4, -0.2) is 40.6 Å². The molecule has 3 rings (SSSR count). The SMILES string of the molecule is COc1ccc(CN2CCc3nc(C(F)(F)F)[nH]c(=O)c3C2)c(OC)n1. The molecule has 0 atom stereocenters. The Bertz CT molecular complexity index is 867. The molecule has 2 aromatic rings. The minimum Gasteiger partial charge on any atom is -0.481 e. The molecule has 1 N–H and O–H groups in total. The number of hydrogen-bond donors (Lipinski definition) is 1.